The third-order valence-electron chi connectivity index (χ3n) is 7.18. The molecule has 0 spiro atoms. The maximum atomic E-state index is 14.1. The minimum Gasteiger partial charge on any atom is -0.496 e. The number of hydrogen-bond donors (Lipinski definition) is 0. The van der Waals surface area contributed by atoms with Crippen LogP contribution < -0.4 is 19.6 Å². The van der Waals surface area contributed by atoms with Gasteiger partial charge in [0.25, 0.3) is 17.2 Å². The molecule has 9 nitrogen and oxygen atoms in total. The molecule has 5 rings (SSSR count). The molecule has 4 aromatic rings. The molecule has 0 aliphatic carbocycles. The second kappa shape index (κ2) is 12.8. The van der Waals surface area contributed by atoms with E-state index in [2.05, 4.69) is 0 Å². The number of benzene rings is 3. The van der Waals surface area contributed by atoms with Crippen molar-refractivity contribution in [2.75, 3.05) is 20.2 Å². The topological polar surface area (TPSA) is 107 Å². The Morgan fingerprint density at radius 2 is 1.81 bits per heavy atom. The van der Waals surface area contributed by atoms with Crippen LogP contribution in [0.2, 0.25) is 0 Å². The standard InChI is InChI=1S/C32H30N4O5S2/c1-5-34(6-2)31(38)28-20(3)33-32-35(29(28)23-14-10-11-15-25(23)41-4)30(37)27(43-32)19-21-16-17-26(24(18-21)36(39)40)42-22-12-8-7-9-13-22/h7-19,29H,5-6H2,1-4H3/b27-19-/t29-/m1/s1. The Hall–Kier alpha value is -4.48. The number of carbonyl (C=O) groups is 1. The smallest absolute Gasteiger partial charge is 0.283 e. The number of ether oxygens (including phenoxy) is 1. The number of nitro groups is 1. The first-order valence-electron chi connectivity index (χ1n) is 13.7. The number of methoxy groups -OCH3 is 1. The number of likely N-dealkylation sites (N-methyl/N-ethyl adjacent to an activating group) is 1. The van der Waals surface area contributed by atoms with Gasteiger partial charge in [-0.15, -0.1) is 0 Å². The zero-order valence-corrected chi connectivity index (χ0v) is 25.8. The highest BCUT2D eigenvalue weighted by Gasteiger charge is 2.35. The van der Waals surface area contributed by atoms with Gasteiger partial charge < -0.3 is 9.64 Å². The molecule has 0 N–H and O–H groups in total. The molecule has 220 valence electrons. The van der Waals surface area contributed by atoms with Crippen LogP contribution in [-0.4, -0.2) is 40.5 Å². The van der Waals surface area contributed by atoms with E-state index in [4.69, 9.17) is 9.73 Å². The van der Waals surface area contributed by atoms with Gasteiger partial charge in [-0.1, -0.05) is 65.6 Å². The fraction of sp³-hybridized carbons (Fsp3) is 0.219. The summed E-state index contributed by atoms with van der Waals surface area (Å²) in [7, 11) is 1.55. The van der Waals surface area contributed by atoms with E-state index in [9.17, 15) is 19.7 Å². The van der Waals surface area contributed by atoms with Crippen LogP contribution in [-0.2, 0) is 4.79 Å². The lowest BCUT2D eigenvalue weighted by Gasteiger charge is -2.29. The molecule has 0 saturated heterocycles. The first kappa shape index (κ1) is 30.0. The van der Waals surface area contributed by atoms with Gasteiger partial charge in [-0.05, 0) is 56.7 Å². The van der Waals surface area contributed by atoms with Crippen molar-refractivity contribution in [1.82, 2.24) is 9.47 Å². The number of hydrogen-bond acceptors (Lipinski definition) is 8. The molecule has 0 radical (unpaired) electrons. The van der Waals surface area contributed by atoms with Crippen molar-refractivity contribution in [3.63, 3.8) is 0 Å². The number of allylic oxidation sites excluding steroid dienone is 1. The molecule has 2 heterocycles. The predicted octanol–water partition coefficient (Wildman–Crippen LogP) is 5.17. The number of aromatic nitrogens is 1. The van der Waals surface area contributed by atoms with Crippen molar-refractivity contribution < 1.29 is 14.5 Å². The lowest BCUT2D eigenvalue weighted by Crippen LogP contribution is -2.43. The van der Waals surface area contributed by atoms with E-state index in [1.54, 1.807) is 43.2 Å². The summed E-state index contributed by atoms with van der Waals surface area (Å²) in [6.45, 7) is 6.61. The summed E-state index contributed by atoms with van der Waals surface area (Å²) < 4.78 is 7.54. The van der Waals surface area contributed by atoms with E-state index in [0.717, 1.165) is 4.90 Å². The number of amides is 1. The lowest BCUT2D eigenvalue weighted by atomic mass is 9.94. The zero-order chi connectivity index (χ0) is 30.7. The summed E-state index contributed by atoms with van der Waals surface area (Å²) in [6, 6.07) is 20.9. The lowest BCUT2D eigenvalue weighted by molar-refractivity contribution is -0.387. The average Bonchev–Trinajstić information content (AvgIpc) is 3.31. The van der Waals surface area contributed by atoms with Crippen molar-refractivity contribution >= 4 is 40.8 Å². The van der Waals surface area contributed by atoms with E-state index in [1.165, 1.54) is 33.7 Å². The van der Waals surface area contributed by atoms with Gasteiger partial charge in [0.15, 0.2) is 4.80 Å². The van der Waals surface area contributed by atoms with Crippen molar-refractivity contribution in [3.8, 4) is 5.75 Å². The summed E-state index contributed by atoms with van der Waals surface area (Å²) in [6.07, 6.45) is 1.64. The number of nitrogens with zero attached hydrogens (tertiary/aromatic N) is 4. The quantitative estimate of drug-likeness (QED) is 0.190. The molecular weight excluding hydrogens is 585 g/mol. The third-order valence-corrected chi connectivity index (χ3v) is 9.24. The van der Waals surface area contributed by atoms with E-state index >= 15 is 0 Å². The van der Waals surface area contributed by atoms with Crippen molar-refractivity contribution in [1.29, 1.82) is 0 Å². The Bertz CT molecular complexity index is 1910. The van der Waals surface area contributed by atoms with Gasteiger partial charge in [0.1, 0.15) is 11.8 Å². The van der Waals surface area contributed by atoms with Gasteiger partial charge >= 0.3 is 0 Å². The van der Waals surface area contributed by atoms with E-state index in [-0.39, 0.29) is 17.2 Å². The fourth-order valence-corrected chi connectivity index (χ4v) is 7.05. The zero-order valence-electron chi connectivity index (χ0n) is 24.1. The van der Waals surface area contributed by atoms with E-state index in [1.807, 2.05) is 62.4 Å². The van der Waals surface area contributed by atoms with Crippen LogP contribution in [0.1, 0.15) is 37.9 Å². The largest absolute Gasteiger partial charge is 0.496 e. The molecule has 43 heavy (non-hydrogen) atoms. The number of thiazole rings is 1. The monoisotopic (exact) mass is 614 g/mol. The Kier molecular flexibility index (Phi) is 8.93. The summed E-state index contributed by atoms with van der Waals surface area (Å²) >= 11 is 2.49. The van der Waals surface area contributed by atoms with Gasteiger partial charge in [-0.25, -0.2) is 4.99 Å². The molecule has 3 aromatic carbocycles. The SMILES string of the molecule is CCN(CC)C(=O)C1=C(C)N=c2s/c(=C\c3ccc(Sc4ccccc4)c([N+](=O)[O-])c3)c(=O)n2[C@@H]1c1ccccc1OC. The van der Waals surface area contributed by atoms with Crippen LogP contribution in [0.25, 0.3) is 6.08 Å². The first-order valence-corrected chi connectivity index (χ1v) is 15.4. The van der Waals surface area contributed by atoms with Crippen LogP contribution in [0.5, 0.6) is 5.75 Å². The molecule has 1 aromatic heterocycles. The Morgan fingerprint density at radius 1 is 1.12 bits per heavy atom. The fourth-order valence-electron chi connectivity index (χ4n) is 5.08. The summed E-state index contributed by atoms with van der Waals surface area (Å²) in [5.74, 6) is 0.349. The van der Waals surface area contributed by atoms with Crippen molar-refractivity contribution in [2.45, 2.75) is 36.6 Å². The number of nitro benzene ring substituents is 1. The summed E-state index contributed by atoms with van der Waals surface area (Å²) in [5, 5.41) is 12.0. The molecule has 1 amide bonds. The van der Waals surface area contributed by atoms with E-state index < -0.39 is 11.0 Å². The molecule has 11 heteroatoms. The van der Waals surface area contributed by atoms with Gasteiger partial charge in [0.05, 0.1) is 32.7 Å². The number of fused-ring (bicyclic) bond motifs is 1. The second-order valence-corrected chi connectivity index (χ2v) is 11.8. The third kappa shape index (κ3) is 5.91. The minimum absolute atomic E-state index is 0.0507. The highest BCUT2D eigenvalue weighted by atomic mass is 32.2. The maximum Gasteiger partial charge on any atom is 0.283 e. The van der Waals surface area contributed by atoms with Crippen LogP contribution in [0.4, 0.5) is 5.69 Å². The predicted molar refractivity (Wildman–Crippen MR) is 168 cm³/mol. The molecule has 0 saturated carbocycles. The number of rotatable bonds is 9. The molecule has 0 bridgehead atoms. The second-order valence-electron chi connectivity index (χ2n) is 9.70. The summed E-state index contributed by atoms with van der Waals surface area (Å²) in [4.78, 5) is 47.7. The first-order chi connectivity index (χ1) is 20.8. The van der Waals surface area contributed by atoms with Gasteiger partial charge in [-0.3, -0.25) is 24.3 Å². The molecule has 1 aliphatic rings. The maximum absolute atomic E-state index is 14.1. The average molecular weight is 615 g/mol. The number of para-hydroxylation sites is 1. The van der Waals surface area contributed by atoms with Crippen LogP contribution in [0, 0.1) is 10.1 Å². The minimum atomic E-state index is -0.762. The molecule has 0 fully saturated rings. The Labute approximate surface area is 256 Å². The molecule has 1 aliphatic heterocycles. The van der Waals surface area contributed by atoms with Crippen molar-refractivity contribution in [3.05, 3.63) is 125 Å². The van der Waals surface area contributed by atoms with Crippen molar-refractivity contribution in [2.24, 2.45) is 4.99 Å². The highest BCUT2D eigenvalue weighted by molar-refractivity contribution is 7.99. The van der Waals surface area contributed by atoms with Crippen LogP contribution in [0.3, 0.4) is 0 Å². The van der Waals surface area contributed by atoms with Crippen LogP contribution >= 0.6 is 23.1 Å². The van der Waals surface area contributed by atoms with Gasteiger partial charge in [-0.2, -0.15) is 0 Å². The molecule has 1 atom stereocenters. The Balaban J connectivity index is 1.66. The summed E-state index contributed by atoms with van der Waals surface area (Å²) in [5.41, 5.74) is 1.72. The molecule has 0 unspecified atom stereocenters. The van der Waals surface area contributed by atoms with E-state index in [0.29, 0.717) is 55.5 Å². The molecular formula is C32H30N4O5S2. The van der Waals surface area contributed by atoms with Crippen LogP contribution in [0.15, 0.2) is 104 Å². The van der Waals surface area contributed by atoms with Gasteiger partial charge in [0.2, 0.25) is 0 Å². The highest BCUT2D eigenvalue weighted by Crippen LogP contribution is 2.37. The number of carbonyl (C=O) groups excluding carboxylic acids is 1. The Morgan fingerprint density at radius 3 is 2.49 bits per heavy atom. The van der Waals surface area contributed by atoms with Gasteiger partial charge in [0, 0.05) is 29.6 Å². The normalized spacial score (nSPS) is 14.7.